The van der Waals surface area contributed by atoms with Gasteiger partial charge in [-0.3, -0.25) is 4.90 Å². The topological polar surface area (TPSA) is 81.1 Å². The molecule has 1 unspecified atom stereocenters. The number of hydrogen-bond acceptors (Lipinski definition) is 3. The van der Waals surface area contributed by atoms with E-state index in [1.165, 1.54) is 21.9 Å². The van der Waals surface area contributed by atoms with E-state index in [-0.39, 0.29) is 11.8 Å². The van der Waals surface area contributed by atoms with Crippen LogP contribution >= 0.6 is 0 Å². The minimum atomic E-state index is -1.15. The Morgan fingerprint density at radius 2 is 1.90 bits per heavy atom. The summed E-state index contributed by atoms with van der Waals surface area (Å²) in [7, 11) is 1.59. The standard InChI is InChI=1S/C14H18N2O4/c1-14(12(18)19)8-3-9-16(14)13(20)15(2)10-4-6-11(17)7-5-10/h4-7,17H,3,8-9H2,1-2H3,(H,18,19). The fraction of sp³-hybridized carbons (Fsp3) is 0.429. The average Bonchev–Trinajstić information content (AvgIpc) is 2.81. The second-order valence-electron chi connectivity index (χ2n) is 5.19. The van der Waals surface area contributed by atoms with E-state index >= 15 is 0 Å². The molecule has 0 radical (unpaired) electrons. The second kappa shape index (κ2) is 5.03. The first-order valence-corrected chi connectivity index (χ1v) is 6.44. The number of carboxylic acids is 1. The first-order chi connectivity index (χ1) is 9.36. The van der Waals surface area contributed by atoms with E-state index in [1.54, 1.807) is 26.1 Å². The lowest BCUT2D eigenvalue weighted by atomic mass is 10.00. The van der Waals surface area contributed by atoms with E-state index in [1.807, 2.05) is 0 Å². The number of amides is 2. The van der Waals surface area contributed by atoms with Crippen molar-refractivity contribution < 1.29 is 19.8 Å². The van der Waals surface area contributed by atoms with Crippen molar-refractivity contribution in [1.82, 2.24) is 4.90 Å². The fourth-order valence-electron chi connectivity index (χ4n) is 2.46. The molecule has 1 aromatic rings. The zero-order valence-electron chi connectivity index (χ0n) is 11.5. The number of aromatic hydroxyl groups is 1. The lowest BCUT2D eigenvalue weighted by Crippen LogP contribution is -2.54. The van der Waals surface area contributed by atoms with Crippen molar-refractivity contribution in [2.45, 2.75) is 25.3 Å². The molecular weight excluding hydrogens is 260 g/mol. The summed E-state index contributed by atoms with van der Waals surface area (Å²) in [6, 6.07) is 5.85. The predicted octanol–water partition coefficient (Wildman–Crippen LogP) is 1.89. The van der Waals surface area contributed by atoms with E-state index in [4.69, 9.17) is 0 Å². The molecule has 1 aliphatic rings. The molecule has 0 spiro atoms. The summed E-state index contributed by atoms with van der Waals surface area (Å²) in [4.78, 5) is 26.7. The SMILES string of the molecule is CN(C(=O)N1CCCC1(C)C(=O)O)c1ccc(O)cc1. The molecule has 6 nitrogen and oxygen atoms in total. The molecule has 108 valence electrons. The van der Waals surface area contributed by atoms with E-state index in [9.17, 15) is 19.8 Å². The third-order valence-electron chi connectivity index (χ3n) is 3.86. The number of carboxylic acid groups (broad SMARTS) is 1. The van der Waals surface area contributed by atoms with Crippen molar-refractivity contribution in [2.24, 2.45) is 0 Å². The van der Waals surface area contributed by atoms with Gasteiger partial charge in [0.15, 0.2) is 0 Å². The number of carbonyl (C=O) groups excluding carboxylic acids is 1. The van der Waals surface area contributed by atoms with Crippen LogP contribution in [0.3, 0.4) is 0 Å². The van der Waals surface area contributed by atoms with Crippen molar-refractivity contribution in [3.8, 4) is 5.75 Å². The Labute approximate surface area is 117 Å². The summed E-state index contributed by atoms with van der Waals surface area (Å²) in [5, 5.41) is 18.6. The zero-order chi connectivity index (χ0) is 14.9. The van der Waals surface area contributed by atoms with E-state index in [2.05, 4.69) is 0 Å². The molecule has 1 heterocycles. The van der Waals surface area contributed by atoms with Gasteiger partial charge in [0.1, 0.15) is 11.3 Å². The van der Waals surface area contributed by atoms with Crippen LogP contribution < -0.4 is 4.90 Å². The number of phenols is 1. The summed E-state index contributed by atoms with van der Waals surface area (Å²) >= 11 is 0. The van der Waals surface area contributed by atoms with Gasteiger partial charge in [-0.1, -0.05) is 0 Å². The zero-order valence-corrected chi connectivity index (χ0v) is 11.5. The number of benzene rings is 1. The van der Waals surface area contributed by atoms with Crippen LogP contribution in [0.5, 0.6) is 5.75 Å². The van der Waals surface area contributed by atoms with Gasteiger partial charge in [0.2, 0.25) is 0 Å². The van der Waals surface area contributed by atoms with Crippen LogP contribution in [0.4, 0.5) is 10.5 Å². The highest BCUT2D eigenvalue weighted by atomic mass is 16.4. The Kier molecular flexibility index (Phi) is 3.57. The van der Waals surface area contributed by atoms with Crippen molar-refractivity contribution in [3.63, 3.8) is 0 Å². The highest BCUT2D eigenvalue weighted by Gasteiger charge is 2.46. The second-order valence-corrected chi connectivity index (χ2v) is 5.19. The molecule has 1 aromatic carbocycles. The maximum atomic E-state index is 12.5. The molecule has 6 heteroatoms. The van der Waals surface area contributed by atoms with Crippen LogP contribution in [-0.2, 0) is 4.79 Å². The van der Waals surface area contributed by atoms with Gasteiger partial charge >= 0.3 is 12.0 Å². The molecule has 2 rings (SSSR count). The third kappa shape index (κ3) is 2.29. The number of likely N-dealkylation sites (tertiary alicyclic amines) is 1. The minimum Gasteiger partial charge on any atom is -0.508 e. The van der Waals surface area contributed by atoms with Crippen LogP contribution in [0.2, 0.25) is 0 Å². The fourth-order valence-corrected chi connectivity index (χ4v) is 2.46. The van der Waals surface area contributed by atoms with Crippen LogP contribution in [0.1, 0.15) is 19.8 Å². The van der Waals surface area contributed by atoms with E-state index < -0.39 is 11.5 Å². The van der Waals surface area contributed by atoms with Crippen LogP contribution in [0, 0.1) is 0 Å². The molecule has 1 fully saturated rings. The number of anilines is 1. The molecular formula is C14H18N2O4. The number of carbonyl (C=O) groups is 2. The van der Waals surface area contributed by atoms with Gasteiger partial charge in [-0.25, -0.2) is 9.59 Å². The Hall–Kier alpha value is -2.24. The normalized spacial score (nSPS) is 21.8. The monoisotopic (exact) mass is 278 g/mol. The number of nitrogens with zero attached hydrogens (tertiary/aromatic N) is 2. The highest BCUT2D eigenvalue weighted by Crippen LogP contribution is 2.31. The Balaban J connectivity index is 2.22. The molecule has 0 aromatic heterocycles. The average molecular weight is 278 g/mol. The maximum absolute atomic E-state index is 12.5. The van der Waals surface area contributed by atoms with Gasteiger partial charge in [0, 0.05) is 19.3 Å². The van der Waals surface area contributed by atoms with Gasteiger partial charge in [-0.2, -0.15) is 0 Å². The van der Waals surface area contributed by atoms with E-state index in [0.29, 0.717) is 25.1 Å². The van der Waals surface area contributed by atoms with Gasteiger partial charge in [-0.15, -0.1) is 0 Å². The maximum Gasteiger partial charge on any atom is 0.329 e. The highest BCUT2D eigenvalue weighted by molar-refractivity contribution is 5.95. The third-order valence-corrected chi connectivity index (χ3v) is 3.86. The van der Waals surface area contributed by atoms with Crippen molar-refractivity contribution in [3.05, 3.63) is 24.3 Å². The summed E-state index contributed by atoms with van der Waals surface area (Å²) in [5.74, 6) is -0.867. The van der Waals surface area contributed by atoms with Crippen molar-refractivity contribution >= 4 is 17.7 Å². The van der Waals surface area contributed by atoms with Crippen LogP contribution in [-0.4, -0.2) is 46.2 Å². The van der Waals surface area contributed by atoms with Crippen molar-refractivity contribution in [2.75, 3.05) is 18.5 Å². The molecule has 1 saturated heterocycles. The van der Waals surface area contributed by atoms with Gasteiger partial charge in [-0.05, 0) is 44.0 Å². The minimum absolute atomic E-state index is 0.117. The predicted molar refractivity (Wildman–Crippen MR) is 73.9 cm³/mol. The molecule has 2 N–H and O–H groups in total. The lowest BCUT2D eigenvalue weighted by molar-refractivity contribution is -0.147. The van der Waals surface area contributed by atoms with Gasteiger partial charge in [0.25, 0.3) is 0 Å². The van der Waals surface area contributed by atoms with Gasteiger partial charge < -0.3 is 15.1 Å². The molecule has 0 bridgehead atoms. The van der Waals surface area contributed by atoms with Crippen LogP contribution in [0.25, 0.3) is 0 Å². The molecule has 1 aliphatic heterocycles. The smallest absolute Gasteiger partial charge is 0.329 e. The Bertz CT molecular complexity index is 528. The number of aliphatic carboxylic acids is 1. The van der Waals surface area contributed by atoms with Crippen LogP contribution in [0.15, 0.2) is 24.3 Å². The number of rotatable bonds is 2. The van der Waals surface area contributed by atoms with Crippen molar-refractivity contribution in [1.29, 1.82) is 0 Å². The summed E-state index contributed by atoms with van der Waals surface area (Å²) < 4.78 is 0. The molecule has 2 amide bonds. The Morgan fingerprint density at radius 3 is 2.45 bits per heavy atom. The molecule has 20 heavy (non-hydrogen) atoms. The first kappa shape index (κ1) is 14.2. The van der Waals surface area contributed by atoms with Gasteiger partial charge in [0.05, 0.1) is 0 Å². The molecule has 0 aliphatic carbocycles. The summed E-state index contributed by atoms with van der Waals surface area (Å²) in [6.45, 7) is 2.01. The largest absolute Gasteiger partial charge is 0.508 e. The molecule has 0 saturated carbocycles. The first-order valence-electron chi connectivity index (χ1n) is 6.44. The summed E-state index contributed by atoms with van der Waals surface area (Å²) in [5.41, 5.74) is -0.546. The summed E-state index contributed by atoms with van der Waals surface area (Å²) in [6.07, 6.45) is 1.13. The quantitative estimate of drug-likeness (QED) is 0.865. The van der Waals surface area contributed by atoms with E-state index in [0.717, 1.165) is 0 Å². The molecule has 1 atom stereocenters. The number of phenolic OH excluding ortho intramolecular Hbond substituents is 1. The number of urea groups is 1. The Morgan fingerprint density at radius 1 is 1.30 bits per heavy atom. The number of hydrogen-bond donors (Lipinski definition) is 2. The lowest BCUT2D eigenvalue weighted by Gasteiger charge is -2.34.